The summed E-state index contributed by atoms with van der Waals surface area (Å²) in [6, 6.07) is 7.21. The molecule has 0 amide bonds. The molecular formula is C12H13NO4S2. The van der Waals surface area contributed by atoms with Gasteiger partial charge in [0, 0.05) is 6.26 Å². The molecule has 1 aromatic heterocycles. The number of hydrogen-bond donors (Lipinski definition) is 1. The second-order valence-corrected chi connectivity index (χ2v) is 6.80. The molecule has 0 aliphatic heterocycles. The van der Waals surface area contributed by atoms with Gasteiger partial charge in [0.2, 0.25) is 5.76 Å². The first-order valence-electron chi connectivity index (χ1n) is 5.50. The minimum absolute atomic E-state index is 0.0258. The van der Waals surface area contributed by atoms with Crippen LogP contribution in [0.3, 0.4) is 0 Å². The van der Waals surface area contributed by atoms with Crippen LogP contribution < -0.4 is 10.5 Å². The van der Waals surface area contributed by atoms with Crippen LogP contribution in [-0.2, 0) is 9.84 Å². The summed E-state index contributed by atoms with van der Waals surface area (Å²) < 4.78 is 33.2. The fraction of sp³-hybridized carbons (Fsp3) is 0.250. The molecule has 0 radical (unpaired) electrons. The molecule has 2 N–H and O–H groups in total. The molecule has 1 heterocycles. The van der Waals surface area contributed by atoms with E-state index in [2.05, 4.69) is 0 Å². The SMILES string of the molecule is CS(=O)(=O)CCOc1c(C(N)=S)oc2ccccc12. The largest absolute Gasteiger partial charge is 0.488 e. The van der Waals surface area contributed by atoms with Crippen molar-refractivity contribution < 1.29 is 17.6 Å². The minimum Gasteiger partial charge on any atom is -0.488 e. The maximum atomic E-state index is 11.1. The van der Waals surface area contributed by atoms with Crippen molar-refractivity contribution in [2.45, 2.75) is 0 Å². The maximum absolute atomic E-state index is 11.1. The second-order valence-electron chi connectivity index (χ2n) is 4.10. The zero-order valence-electron chi connectivity index (χ0n) is 10.3. The Bertz CT molecular complexity index is 718. The van der Waals surface area contributed by atoms with Crippen LogP contribution in [0.4, 0.5) is 0 Å². The lowest BCUT2D eigenvalue weighted by molar-refractivity contribution is 0.338. The zero-order valence-corrected chi connectivity index (χ0v) is 11.9. The molecule has 0 atom stereocenters. The van der Waals surface area contributed by atoms with Gasteiger partial charge < -0.3 is 14.9 Å². The minimum atomic E-state index is -3.08. The predicted molar refractivity (Wildman–Crippen MR) is 77.3 cm³/mol. The number of benzene rings is 1. The van der Waals surface area contributed by atoms with E-state index in [1.54, 1.807) is 12.1 Å². The third-order valence-corrected chi connectivity index (χ3v) is 3.57. The Morgan fingerprint density at radius 2 is 2.11 bits per heavy atom. The molecule has 5 nitrogen and oxygen atoms in total. The van der Waals surface area contributed by atoms with Crippen LogP contribution in [0.1, 0.15) is 5.76 Å². The third kappa shape index (κ3) is 3.24. The van der Waals surface area contributed by atoms with Crippen molar-refractivity contribution in [1.29, 1.82) is 0 Å². The van der Waals surface area contributed by atoms with Crippen LogP contribution >= 0.6 is 12.2 Å². The predicted octanol–water partition coefficient (Wildman–Crippen LogP) is 1.49. The van der Waals surface area contributed by atoms with Gasteiger partial charge in [-0.05, 0) is 12.1 Å². The van der Waals surface area contributed by atoms with Gasteiger partial charge in [-0.25, -0.2) is 8.42 Å². The fourth-order valence-corrected chi connectivity index (χ4v) is 2.14. The van der Waals surface area contributed by atoms with Crippen molar-refractivity contribution in [3.8, 4) is 5.75 Å². The van der Waals surface area contributed by atoms with E-state index in [1.165, 1.54) is 0 Å². The Morgan fingerprint density at radius 3 is 2.74 bits per heavy atom. The number of ether oxygens (including phenoxy) is 1. The standard InChI is InChI=1S/C12H13NO4S2/c1-19(14,15)7-6-16-10-8-4-2-3-5-9(8)17-11(10)12(13)18/h2-5H,6-7H2,1H3,(H2,13,18). The molecule has 0 aliphatic carbocycles. The Balaban J connectivity index is 2.34. The highest BCUT2D eigenvalue weighted by Gasteiger charge is 2.17. The molecule has 2 rings (SSSR count). The molecule has 0 saturated carbocycles. The van der Waals surface area contributed by atoms with Gasteiger partial charge >= 0.3 is 0 Å². The van der Waals surface area contributed by atoms with Gasteiger partial charge in [0.05, 0.1) is 11.1 Å². The van der Waals surface area contributed by atoms with Gasteiger partial charge in [-0.3, -0.25) is 0 Å². The van der Waals surface area contributed by atoms with Crippen LogP contribution in [0.5, 0.6) is 5.75 Å². The maximum Gasteiger partial charge on any atom is 0.204 e. The summed E-state index contributed by atoms with van der Waals surface area (Å²) in [5.41, 5.74) is 6.17. The summed E-state index contributed by atoms with van der Waals surface area (Å²) in [6.07, 6.45) is 1.15. The van der Waals surface area contributed by atoms with Gasteiger partial charge in [-0.2, -0.15) is 0 Å². The average Bonchev–Trinajstić information content (AvgIpc) is 2.67. The lowest BCUT2D eigenvalue weighted by Gasteiger charge is -2.05. The van der Waals surface area contributed by atoms with Crippen molar-refractivity contribution in [2.75, 3.05) is 18.6 Å². The number of rotatable bonds is 5. The van der Waals surface area contributed by atoms with Crippen LogP contribution in [0.2, 0.25) is 0 Å². The molecule has 2 aromatic rings. The van der Waals surface area contributed by atoms with Gasteiger partial charge in [0.25, 0.3) is 0 Å². The first-order valence-corrected chi connectivity index (χ1v) is 7.97. The second kappa shape index (κ2) is 5.18. The van der Waals surface area contributed by atoms with Crippen molar-refractivity contribution in [3.63, 3.8) is 0 Å². The van der Waals surface area contributed by atoms with Gasteiger partial charge in [-0.1, -0.05) is 24.4 Å². The molecule has 0 spiro atoms. The van der Waals surface area contributed by atoms with E-state index in [0.29, 0.717) is 11.3 Å². The Labute approximate surface area is 116 Å². The van der Waals surface area contributed by atoms with Gasteiger partial charge in [0.1, 0.15) is 17.2 Å². The number of thiocarbonyl (C=S) groups is 1. The molecule has 0 unspecified atom stereocenters. The quantitative estimate of drug-likeness (QED) is 0.842. The lowest BCUT2D eigenvalue weighted by atomic mass is 10.2. The summed E-state index contributed by atoms with van der Waals surface area (Å²) in [5, 5.41) is 0.721. The van der Waals surface area contributed by atoms with Crippen molar-refractivity contribution >= 4 is 38.0 Å². The van der Waals surface area contributed by atoms with E-state index >= 15 is 0 Å². The highest BCUT2D eigenvalue weighted by atomic mass is 32.2. The van der Waals surface area contributed by atoms with Gasteiger partial charge in [-0.15, -0.1) is 0 Å². The van der Waals surface area contributed by atoms with Crippen molar-refractivity contribution in [3.05, 3.63) is 30.0 Å². The normalized spacial score (nSPS) is 11.6. The smallest absolute Gasteiger partial charge is 0.204 e. The molecule has 102 valence electrons. The molecule has 19 heavy (non-hydrogen) atoms. The number of furan rings is 1. The van der Waals surface area contributed by atoms with E-state index in [4.69, 9.17) is 27.1 Å². The van der Waals surface area contributed by atoms with Crippen LogP contribution in [0.25, 0.3) is 11.0 Å². The zero-order chi connectivity index (χ0) is 14.0. The Morgan fingerprint density at radius 1 is 1.42 bits per heavy atom. The number of para-hydroxylation sites is 1. The van der Waals surface area contributed by atoms with E-state index in [-0.39, 0.29) is 23.1 Å². The first kappa shape index (κ1) is 13.8. The topological polar surface area (TPSA) is 82.5 Å². The molecular weight excluding hydrogens is 286 g/mol. The molecule has 0 saturated heterocycles. The summed E-state index contributed by atoms with van der Waals surface area (Å²) in [5.74, 6) is 0.583. The van der Waals surface area contributed by atoms with Crippen LogP contribution in [0.15, 0.2) is 28.7 Å². The number of sulfone groups is 1. The van der Waals surface area contributed by atoms with E-state index in [1.807, 2.05) is 12.1 Å². The highest BCUT2D eigenvalue weighted by molar-refractivity contribution is 7.90. The summed E-state index contributed by atoms with van der Waals surface area (Å²) in [4.78, 5) is 0.0746. The van der Waals surface area contributed by atoms with Gasteiger partial charge in [0.15, 0.2) is 15.6 Å². The number of nitrogens with two attached hydrogens (primary N) is 1. The molecule has 0 bridgehead atoms. The van der Waals surface area contributed by atoms with E-state index in [9.17, 15) is 8.42 Å². The first-order chi connectivity index (χ1) is 8.88. The third-order valence-electron chi connectivity index (χ3n) is 2.47. The Hall–Kier alpha value is -1.60. The summed E-state index contributed by atoms with van der Waals surface area (Å²) >= 11 is 4.90. The molecule has 1 aromatic carbocycles. The highest BCUT2D eigenvalue weighted by Crippen LogP contribution is 2.32. The van der Waals surface area contributed by atoms with Crippen LogP contribution in [-0.4, -0.2) is 32.0 Å². The van der Waals surface area contributed by atoms with E-state index < -0.39 is 9.84 Å². The molecule has 0 aliphatic rings. The van der Waals surface area contributed by atoms with Crippen molar-refractivity contribution in [1.82, 2.24) is 0 Å². The van der Waals surface area contributed by atoms with Crippen molar-refractivity contribution in [2.24, 2.45) is 5.73 Å². The summed E-state index contributed by atoms with van der Waals surface area (Å²) in [7, 11) is -3.08. The molecule has 0 fully saturated rings. The average molecular weight is 299 g/mol. The fourth-order valence-electron chi connectivity index (χ4n) is 1.62. The van der Waals surface area contributed by atoms with E-state index in [0.717, 1.165) is 11.6 Å². The molecule has 7 heteroatoms. The summed E-state index contributed by atoms with van der Waals surface area (Å²) in [6.45, 7) is 0.0258. The number of fused-ring (bicyclic) bond motifs is 1. The lowest BCUT2D eigenvalue weighted by Crippen LogP contribution is -2.14. The Kier molecular flexibility index (Phi) is 3.77. The number of hydrogen-bond acceptors (Lipinski definition) is 5. The van der Waals surface area contributed by atoms with Crippen LogP contribution in [0, 0.1) is 0 Å². The monoisotopic (exact) mass is 299 g/mol.